The number of nitrogens with one attached hydrogen (secondary N) is 1. The van der Waals surface area contributed by atoms with Crippen LogP contribution in [-0.4, -0.2) is 45.5 Å². The van der Waals surface area contributed by atoms with Crippen LogP contribution in [0.2, 0.25) is 5.02 Å². The van der Waals surface area contributed by atoms with Gasteiger partial charge in [-0.1, -0.05) is 36.6 Å². The summed E-state index contributed by atoms with van der Waals surface area (Å²) in [6, 6.07) is 9.78. The second-order valence-corrected chi connectivity index (χ2v) is 8.57. The van der Waals surface area contributed by atoms with Crippen molar-refractivity contribution in [2.45, 2.75) is 43.7 Å². The first-order valence-corrected chi connectivity index (χ1v) is 10.7. The number of halogens is 1. The Balaban J connectivity index is 1.40. The molecular formula is C22H21ClN4O4. The lowest BCUT2D eigenvalue weighted by Gasteiger charge is -2.23. The van der Waals surface area contributed by atoms with Crippen LogP contribution in [0.25, 0.3) is 0 Å². The molecule has 31 heavy (non-hydrogen) atoms. The van der Waals surface area contributed by atoms with Crippen LogP contribution in [0.5, 0.6) is 0 Å². The molecule has 3 heterocycles. The Bertz CT molecular complexity index is 1060. The van der Waals surface area contributed by atoms with Crippen LogP contribution in [0.4, 0.5) is 4.79 Å². The molecule has 3 aliphatic rings. The van der Waals surface area contributed by atoms with Gasteiger partial charge in [0.15, 0.2) is 0 Å². The summed E-state index contributed by atoms with van der Waals surface area (Å²) in [6.45, 7) is -0.360. The van der Waals surface area contributed by atoms with Crippen LogP contribution in [0.15, 0.2) is 52.2 Å². The normalized spacial score (nSPS) is 22.4. The van der Waals surface area contributed by atoms with Crippen molar-refractivity contribution in [1.29, 1.82) is 0 Å². The zero-order chi connectivity index (χ0) is 21.6. The minimum absolute atomic E-state index is 0.320. The van der Waals surface area contributed by atoms with Gasteiger partial charge in [-0.05, 0) is 42.7 Å². The van der Waals surface area contributed by atoms with Crippen LogP contribution >= 0.6 is 11.6 Å². The van der Waals surface area contributed by atoms with E-state index in [-0.39, 0.29) is 12.5 Å². The van der Waals surface area contributed by atoms with Crippen molar-refractivity contribution in [3.8, 4) is 0 Å². The first kappa shape index (κ1) is 19.8. The Morgan fingerprint density at radius 1 is 1.19 bits per heavy atom. The monoisotopic (exact) mass is 440 g/mol. The van der Waals surface area contributed by atoms with Crippen molar-refractivity contribution in [2.24, 2.45) is 5.10 Å². The second kappa shape index (κ2) is 7.53. The number of hydrazone groups is 1. The van der Waals surface area contributed by atoms with E-state index >= 15 is 0 Å². The van der Waals surface area contributed by atoms with Gasteiger partial charge in [-0.2, -0.15) is 5.10 Å². The van der Waals surface area contributed by atoms with E-state index in [1.54, 1.807) is 30.5 Å². The van der Waals surface area contributed by atoms with Crippen molar-refractivity contribution >= 4 is 35.2 Å². The van der Waals surface area contributed by atoms with Gasteiger partial charge < -0.3 is 9.73 Å². The smallest absolute Gasteiger partial charge is 0.325 e. The van der Waals surface area contributed by atoms with Gasteiger partial charge >= 0.3 is 6.03 Å². The van der Waals surface area contributed by atoms with Crippen molar-refractivity contribution in [3.63, 3.8) is 0 Å². The summed E-state index contributed by atoms with van der Waals surface area (Å²) in [5.74, 6) is -0.173. The van der Waals surface area contributed by atoms with Gasteiger partial charge in [0.1, 0.15) is 23.9 Å². The predicted molar refractivity (Wildman–Crippen MR) is 112 cm³/mol. The molecule has 8 nitrogen and oxygen atoms in total. The first-order valence-electron chi connectivity index (χ1n) is 10.3. The summed E-state index contributed by atoms with van der Waals surface area (Å²) >= 11 is 5.99. The molecule has 1 unspecified atom stereocenters. The molecule has 1 saturated carbocycles. The predicted octanol–water partition coefficient (Wildman–Crippen LogP) is 3.48. The van der Waals surface area contributed by atoms with E-state index < -0.39 is 23.5 Å². The van der Waals surface area contributed by atoms with Gasteiger partial charge in [-0.25, -0.2) is 9.80 Å². The van der Waals surface area contributed by atoms with E-state index in [1.165, 1.54) is 5.01 Å². The lowest BCUT2D eigenvalue weighted by molar-refractivity contribution is -0.140. The molecule has 1 aromatic carbocycles. The van der Waals surface area contributed by atoms with E-state index in [0.717, 1.165) is 23.3 Å². The molecule has 9 heteroatoms. The van der Waals surface area contributed by atoms with E-state index in [1.807, 2.05) is 12.1 Å². The molecule has 4 amide bonds. The Morgan fingerprint density at radius 3 is 2.61 bits per heavy atom. The summed E-state index contributed by atoms with van der Waals surface area (Å²) in [5, 5.41) is 9.27. The highest BCUT2D eigenvalue weighted by Gasteiger charge is 2.53. The number of carbonyl (C=O) groups is 3. The number of nitrogens with zero attached hydrogens (tertiary/aromatic N) is 3. The van der Waals surface area contributed by atoms with E-state index in [0.29, 0.717) is 35.8 Å². The third-order valence-corrected chi connectivity index (χ3v) is 6.46. The van der Waals surface area contributed by atoms with Gasteiger partial charge in [-0.3, -0.25) is 14.5 Å². The minimum atomic E-state index is -0.847. The van der Waals surface area contributed by atoms with Gasteiger partial charge in [0, 0.05) is 11.4 Å². The zero-order valence-corrected chi connectivity index (χ0v) is 17.5. The number of carbonyl (C=O) groups excluding carboxylic acids is 3. The summed E-state index contributed by atoms with van der Waals surface area (Å²) < 4.78 is 5.54. The fourth-order valence-corrected chi connectivity index (χ4v) is 4.73. The average Bonchev–Trinajstić information content (AvgIpc) is 3.54. The van der Waals surface area contributed by atoms with Crippen molar-refractivity contribution in [1.82, 2.24) is 15.2 Å². The van der Waals surface area contributed by atoms with E-state index in [2.05, 4.69) is 10.4 Å². The lowest BCUT2D eigenvalue weighted by Crippen LogP contribution is -2.45. The number of imide groups is 1. The Labute approximate surface area is 183 Å². The zero-order valence-electron chi connectivity index (χ0n) is 16.7. The molecule has 0 bridgehead atoms. The molecule has 1 aliphatic carbocycles. The average molecular weight is 441 g/mol. The number of rotatable bonds is 4. The number of hydrogen-bond acceptors (Lipinski definition) is 5. The molecule has 1 saturated heterocycles. The third-order valence-electron chi connectivity index (χ3n) is 6.21. The van der Waals surface area contributed by atoms with E-state index in [9.17, 15) is 14.4 Å². The standard InChI is InChI=1S/C22H21ClN4O4/c23-15-7-5-14(6-8-15)16-12-17(18-4-3-11-31-18)27(25-16)19(28)13-26-20(29)22(24-21(26)30)9-1-2-10-22/h3-8,11,17H,1-2,9-10,12-13H2,(H,24,30). The fourth-order valence-electron chi connectivity index (χ4n) is 4.60. The fraction of sp³-hybridized carbons (Fsp3) is 0.364. The maximum Gasteiger partial charge on any atom is 0.325 e. The quantitative estimate of drug-likeness (QED) is 0.736. The van der Waals surface area contributed by atoms with Crippen molar-refractivity contribution in [2.75, 3.05) is 6.54 Å². The highest BCUT2D eigenvalue weighted by molar-refractivity contribution is 6.30. The lowest BCUT2D eigenvalue weighted by atomic mass is 9.98. The highest BCUT2D eigenvalue weighted by atomic mass is 35.5. The van der Waals surface area contributed by atoms with Gasteiger partial charge in [0.2, 0.25) is 0 Å². The van der Waals surface area contributed by atoms with Crippen molar-refractivity contribution in [3.05, 3.63) is 59.0 Å². The second-order valence-electron chi connectivity index (χ2n) is 8.14. The SMILES string of the molecule is O=C1NC2(CCCC2)C(=O)N1CC(=O)N1N=C(c2ccc(Cl)cc2)CC1c1ccco1. The van der Waals surface area contributed by atoms with Crippen LogP contribution in [0.1, 0.15) is 49.5 Å². The molecule has 0 radical (unpaired) electrons. The molecule has 2 aromatic rings. The number of urea groups is 1. The highest BCUT2D eigenvalue weighted by Crippen LogP contribution is 2.36. The summed E-state index contributed by atoms with van der Waals surface area (Å²) in [5.41, 5.74) is 0.701. The number of furan rings is 1. The third kappa shape index (κ3) is 3.40. The topological polar surface area (TPSA) is 95.2 Å². The Hall–Kier alpha value is -3.13. The van der Waals surface area contributed by atoms with Gasteiger partial charge in [0.05, 0.1) is 12.0 Å². The molecule has 5 rings (SSSR count). The molecule has 1 atom stereocenters. The summed E-state index contributed by atoms with van der Waals surface area (Å²) in [6.07, 6.45) is 4.98. The summed E-state index contributed by atoms with van der Waals surface area (Å²) in [4.78, 5) is 39.6. The van der Waals surface area contributed by atoms with Crippen LogP contribution in [-0.2, 0) is 9.59 Å². The van der Waals surface area contributed by atoms with Crippen molar-refractivity contribution < 1.29 is 18.8 Å². The van der Waals surface area contributed by atoms with Crippen LogP contribution in [0, 0.1) is 0 Å². The van der Waals surface area contributed by atoms with Crippen LogP contribution < -0.4 is 5.32 Å². The van der Waals surface area contributed by atoms with Gasteiger partial charge in [-0.15, -0.1) is 0 Å². The van der Waals surface area contributed by atoms with E-state index in [4.69, 9.17) is 16.0 Å². The number of amides is 4. The maximum atomic E-state index is 13.2. The molecule has 160 valence electrons. The molecule has 2 fully saturated rings. The van der Waals surface area contributed by atoms with Crippen LogP contribution in [0.3, 0.4) is 0 Å². The molecule has 1 spiro atoms. The number of benzene rings is 1. The Kier molecular flexibility index (Phi) is 4.81. The molecule has 2 aliphatic heterocycles. The minimum Gasteiger partial charge on any atom is -0.467 e. The Morgan fingerprint density at radius 2 is 1.94 bits per heavy atom. The number of hydrogen-bond donors (Lipinski definition) is 1. The van der Waals surface area contributed by atoms with Gasteiger partial charge in [0.25, 0.3) is 11.8 Å². The maximum absolute atomic E-state index is 13.2. The summed E-state index contributed by atoms with van der Waals surface area (Å²) in [7, 11) is 0. The molecule has 1 aromatic heterocycles. The molecule has 1 N–H and O–H groups in total. The largest absolute Gasteiger partial charge is 0.467 e. The first-order chi connectivity index (χ1) is 15.0. The molecular weight excluding hydrogens is 420 g/mol.